The Morgan fingerprint density at radius 2 is 0.644 bits per heavy atom. The van der Waals surface area contributed by atoms with E-state index >= 15 is 0 Å². The molecule has 0 unspecified atom stereocenters. The zero-order valence-corrected chi connectivity index (χ0v) is 26.2. The van der Waals surface area contributed by atoms with Gasteiger partial charge in [0.1, 0.15) is 0 Å². The van der Waals surface area contributed by atoms with Gasteiger partial charge in [-0.3, -0.25) is 0 Å². The van der Waals surface area contributed by atoms with E-state index in [4.69, 9.17) is 0 Å². The highest BCUT2D eigenvalue weighted by atomic mass is 15.1. The Hall–Kier alpha value is -5.08. The lowest BCUT2D eigenvalue weighted by Gasteiger charge is -2.33. The first kappa shape index (κ1) is 28.7. The highest BCUT2D eigenvalue weighted by Gasteiger charge is 2.37. The largest absolute Gasteiger partial charge is 0.311 e. The summed E-state index contributed by atoms with van der Waals surface area (Å²) in [5.74, 6) is 0. The molecule has 45 heavy (non-hydrogen) atoms. The molecule has 2 heteroatoms. The maximum atomic E-state index is 2.38. The molecule has 2 nitrogen and oxygen atoms in total. The van der Waals surface area contributed by atoms with Crippen molar-refractivity contribution >= 4 is 34.1 Å². The van der Waals surface area contributed by atoms with Gasteiger partial charge in [-0.2, -0.15) is 0 Å². The average molecular weight is 585 g/mol. The van der Waals surface area contributed by atoms with Gasteiger partial charge in [0, 0.05) is 39.5 Å². The van der Waals surface area contributed by atoms with Crippen molar-refractivity contribution < 1.29 is 0 Å². The minimum absolute atomic E-state index is 0.0277. The molecule has 0 bridgehead atoms. The van der Waals surface area contributed by atoms with Crippen LogP contribution in [0.25, 0.3) is 0 Å². The smallest absolute Gasteiger partial charge is 0.0461 e. The van der Waals surface area contributed by atoms with Gasteiger partial charge in [0.2, 0.25) is 0 Å². The van der Waals surface area contributed by atoms with E-state index in [-0.39, 0.29) is 5.41 Å². The Balaban J connectivity index is 1.23. The first-order valence-electron chi connectivity index (χ1n) is 16.2. The summed E-state index contributed by atoms with van der Waals surface area (Å²) in [7, 11) is 0. The molecule has 0 saturated heterocycles. The predicted molar refractivity (Wildman–Crippen MR) is 191 cm³/mol. The number of nitrogens with zero attached hydrogens (tertiary/aromatic N) is 2. The lowest BCUT2D eigenvalue weighted by Crippen LogP contribution is -2.24. The molecule has 1 aliphatic rings. The van der Waals surface area contributed by atoms with E-state index in [2.05, 4.69) is 181 Å². The fourth-order valence-electron chi connectivity index (χ4n) is 7.02. The van der Waals surface area contributed by atoms with Crippen LogP contribution >= 0.6 is 0 Å². The number of rotatable bonds is 8. The average Bonchev–Trinajstić information content (AvgIpc) is 3.60. The van der Waals surface area contributed by atoms with Crippen molar-refractivity contribution in [2.45, 2.75) is 44.9 Å². The Morgan fingerprint density at radius 3 is 0.978 bits per heavy atom. The summed E-state index contributed by atoms with van der Waals surface area (Å²) in [5, 5.41) is 0. The number of hydrogen-bond acceptors (Lipinski definition) is 2. The van der Waals surface area contributed by atoms with Gasteiger partial charge in [0.05, 0.1) is 0 Å². The van der Waals surface area contributed by atoms with E-state index in [1.807, 2.05) is 0 Å². The van der Waals surface area contributed by atoms with Crippen LogP contribution in [0.15, 0.2) is 158 Å². The van der Waals surface area contributed by atoms with Gasteiger partial charge in [-0.1, -0.05) is 109 Å². The van der Waals surface area contributed by atoms with Crippen molar-refractivity contribution in [3.05, 3.63) is 180 Å². The molecule has 1 saturated carbocycles. The van der Waals surface area contributed by atoms with Gasteiger partial charge in [-0.25, -0.2) is 0 Å². The molecule has 0 spiro atoms. The monoisotopic (exact) mass is 584 g/mol. The van der Waals surface area contributed by atoms with Crippen LogP contribution in [0.5, 0.6) is 0 Å². The van der Waals surface area contributed by atoms with Gasteiger partial charge in [0.25, 0.3) is 0 Å². The lowest BCUT2D eigenvalue weighted by molar-refractivity contribution is 0.535. The Morgan fingerprint density at radius 1 is 0.356 bits per heavy atom. The van der Waals surface area contributed by atoms with Crippen LogP contribution in [0.2, 0.25) is 0 Å². The fourth-order valence-corrected chi connectivity index (χ4v) is 7.02. The summed E-state index contributed by atoms with van der Waals surface area (Å²) in [5.41, 5.74) is 12.4. The maximum absolute atomic E-state index is 2.38. The van der Waals surface area contributed by atoms with Gasteiger partial charge >= 0.3 is 0 Å². The molecule has 222 valence electrons. The van der Waals surface area contributed by atoms with E-state index in [9.17, 15) is 0 Å². The SMILES string of the molecule is Cc1ccc(N(c2ccccc2)c2ccc(C3(c4ccc(N(c5ccccc5)c5ccc(C)cc5)cc4)CCCC3)cc2)cc1. The lowest BCUT2D eigenvalue weighted by atomic mass is 9.73. The van der Waals surface area contributed by atoms with E-state index in [0.29, 0.717) is 0 Å². The summed E-state index contributed by atoms with van der Waals surface area (Å²) in [6.45, 7) is 4.28. The normalized spacial score (nSPS) is 13.8. The zero-order valence-electron chi connectivity index (χ0n) is 26.2. The topological polar surface area (TPSA) is 6.48 Å². The van der Waals surface area contributed by atoms with E-state index in [1.54, 1.807) is 0 Å². The van der Waals surface area contributed by atoms with E-state index in [0.717, 1.165) is 11.4 Å². The molecular formula is C43H40N2. The molecule has 0 amide bonds. The van der Waals surface area contributed by atoms with Gasteiger partial charge < -0.3 is 9.80 Å². The molecule has 6 aromatic carbocycles. The zero-order chi connectivity index (χ0) is 30.6. The highest BCUT2D eigenvalue weighted by Crippen LogP contribution is 2.48. The van der Waals surface area contributed by atoms with Crippen molar-refractivity contribution in [1.82, 2.24) is 0 Å². The molecular weight excluding hydrogens is 544 g/mol. The van der Waals surface area contributed by atoms with Gasteiger partial charge in [0.15, 0.2) is 0 Å². The van der Waals surface area contributed by atoms with Crippen LogP contribution in [-0.4, -0.2) is 0 Å². The summed E-state index contributed by atoms with van der Waals surface area (Å²) in [6, 6.07) is 57.7. The number of para-hydroxylation sites is 2. The van der Waals surface area contributed by atoms with Gasteiger partial charge in [-0.05, 0) is 111 Å². The molecule has 1 aliphatic carbocycles. The summed E-state index contributed by atoms with van der Waals surface area (Å²) < 4.78 is 0. The minimum atomic E-state index is 0.0277. The Bertz CT molecular complexity index is 1680. The second-order valence-corrected chi connectivity index (χ2v) is 12.4. The summed E-state index contributed by atoms with van der Waals surface area (Å²) in [6.07, 6.45) is 4.85. The number of benzene rings is 6. The standard InChI is InChI=1S/C43H40N2/c1-33-15-23-39(24-16-33)44(37-11-5-3-6-12-37)41-27-19-35(20-28-41)43(31-9-10-32-43)36-21-29-42(30-22-36)45(38-13-7-4-8-14-38)40-25-17-34(2)18-26-40/h3-8,11-30H,9-10,31-32H2,1-2H3. The van der Waals surface area contributed by atoms with E-state index in [1.165, 1.54) is 70.7 Å². The highest BCUT2D eigenvalue weighted by molar-refractivity contribution is 5.78. The van der Waals surface area contributed by atoms with Crippen LogP contribution < -0.4 is 9.80 Å². The molecule has 1 fully saturated rings. The molecule has 0 radical (unpaired) electrons. The molecule has 6 aromatic rings. The van der Waals surface area contributed by atoms with Crippen LogP contribution in [0.4, 0.5) is 34.1 Å². The third-order valence-electron chi connectivity index (χ3n) is 9.43. The Kier molecular flexibility index (Phi) is 7.96. The number of aryl methyl sites for hydroxylation is 2. The van der Waals surface area contributed by atoms with Gasteiger partial charge in [-0.15, -0.1) is 0 Å². The molecule has 0 aromatic heterocycles. The van der Waals surface area contributed by atoms with Crippen LogP contribution in [-0.2, 0) is 5.41 Å². The van der Waals surface area contributed by atoms with Crippen molar-refractivity contribution in [3.63, 3.8) is 0 Å². The second-order valence-electron chi connectivity index (χ2n) is 12.4. The van der Waals surface area contributed by atoms with E-state index < -0.39 is 0 Å². The van der Waals surface area contributed by atoms with Crippen LogP contribution in [0.1, 0.15) is 47.9 Å². The number of hydrogen-bond donors (Lipinski definition) is 0. The fraction of sp³-hybridized carbons (Fsp3) is 0.163. The van der Waals surface area contributed by atoms with Crippen molar-refractivity contribution in [2.75, 3.05) is 9.80 Å². The first-order valence-corrected chi connectivity index (χ1v) is 16.2. The molecule has 7 rings (SSSR count). The number of anilines is 6. The minimum Gasteiger partial charge on any atom is -0.311 e. The second kappa shape index (κ2) is 12.5. The first-order chi connectivity index (χ1) is 22.1. The molecule has 0 heterocycles. The summed E-state index contributed by atoms with van der Waals surface area (Å²) >= 11 is 0. The van der Waals surface area contributed by atoms with Crippen molar-refractivity contribution in [2.24, 2.45) is 0 Å². The maximum Gasteiger partial charge on any atom is 0.0461 e. The Labute approximate surface area is 268 Å². The summed E-state index contributed by atoms with van der Waals surface area (Å²) in [4.78, 5) is 4.70. The molecule has 0 aliphatic heterocycles. The third kappa shape index (κ3) is 5.77. The predicted octanol–water partition coefficient (Wildman–Crippen LogP) is 12.1. The molecule has 0 atom stereocenters. The quantitative estimate of drug-likeness (QED) is 0.176. The molecule has 0 N–H and O–H groups in total. The van der Waals surface area contributed by atoms with Crippen molar-refractivity contribution in [1.29, 1.82) is 0 Å². The van der Waals surface area contributed by atoms with Crippen LogP contribution in [0, 0.1) is 13.8 Å². The van der Waals surface area contributed by atoms with Crippen molar-refractivity contribution in [3.8, 4) is 0 Å². The third-order valence-corrected chi connectivity index (χ3v) is 9.43. The van der Waals surface area contributed by atoms with Crippen LogP contribution in [0.3, 0.4) is 0 Å².